The van der Waals surface area contributed by atoms with E-state index in [0.717, 1.165) is 16.8 Å². The maximum atomic E-state index is 12.2. The molecule has 134 valence electrons. The van der Waals surface area contributed by atoms with Gasteiger partial charge in [0.1, 0.15) is 0 Å². The summed E-state index contributed by atoms with van der Waals surface area (Å²) < 4.78 is 27.1. The lowest BCUT2D eigenvalue weighted by Gasteiger charge is -2.10. The van der Waals surface area contributed by atoms with Gasteiger partial charge in [-0.25, -0.2) is 8.42 Å². The molecular formula is C20H21N3O2S. The van der Waals surface area contributed by atoms with Gasteiger partial charge in [0.05, 0.1) is 5.75 Å². The minimum absolute atomic E-state index is 0.0536. The van der Waals surface area contributed by atoms with E-state index >= 15 is 0 Å². The topological polar surface area (TPSA) is 71.1 Å². The number of hydrogen-bond acceptors (Lipinski definition) is 4. The van der Waals surface area contributed by atoms with Crippen molar-refractivity contribution >= 4 is 21.4 Å². The summed E-state index contributed by atoms with van der Waals surface area (Å²) in [5.41, 5.74) is 3.57. The molecule has 1 aromatic heterocycles. The van der Waals surface area contributed by atoms with Gasteiger partial charge in [-0.15, -0.1) is 0 Å². The summed E-state index contributed by atoms with van der Waals surface area (Å²) >= 11 is 0. The second-order valence-corrected chi connectivity index (χ2v) is 7.79. The van der Waals surface area contributed by atoms with Crippen LogP contribution in [0.15, 0.2) is 79.1 Å². The van der Waals surface area contributed by atoms with Crippen LogP contribution in [0.4, 0.5) is 11.4 Å². The van der Waals surface area contributed by atoms with Gasteiger partial charge in [0.25, 0.3) is 0 Å². The van der Waals surface area contributed by atoms with Crippen molar-refractivity contribution in [3.63, 3.8) is 0 Å². The standard InChI is InChI=1S/C20H21N3O2S/c24-26(25,14-12-17-5-2-1-3-6-17)23-20-10-8-19(9-11-20)22-16-18-7-4-13-21-15-18/h1-11,13,15,22-23H,12,14,16H2. The molecule has 0 aliphatic rings. The Labute approximate surface area is 154 Å². The van der Waals surface area contributed by atoms with Crippen LogP contribution >= 0.6 is 0 Å². The van der Waals surface area contributed by atoms with Gasteiger partial charge >= 0.3 is 0 Å². The zero-order chi connectivity index (χ0) is 18.2. The Kier molecular flexibility index (Phi) is 5.86. The molecule has 3 rings (SSSR count). The van der Waals surface area contributed by atoms with Gasteiger partial charge in [0.15, 0.2) is 0 Å². The average Bonchev–Trinajstić information content (AvgIpc) is 2.67. The summed E-state index contributed by atoms with van der Waals surface area (Å²) in [4.78, 5) is 4.07. The molecule has 0 atom stereocenters. The molecule has 3 aromatic rings. The number of benzene rings is 2. The molecule has 0 fully saturated rings. The van der Waals surface area contributed by atoms with Gasteiger partial charge in [0, 0.05) is 30.3 Å². The second-order valence-electron chi connectivity index (χ2n) is 5.95. The molecule has 0 saturated heterocycles. The lowest BCUT2D eigenvalue weighted by Crippen LogP contribution is -2.18. The van der Waals surface area contributed by atoms with E-state index in [1.54, 1.807) is 18.3 Å². The van der Waals surface area contributed by atoms with Crippen LogP contribution < -0.4 is 10.0 Å². The highest BCUT2D eigenvalue weighted by Gasteiger charge is 2.10. The molecule has 0 bridgehead atoms. The van der Waals surface area contributed by atoms with Gasteiger partial charge < -0.3 is 5.32 Å². The smallest absolute Gasteiger partial charge is 0.233 e. The summed E-state index contributed by atoms with van der Waals surface area (Å²) in [5, 5.41) is 3.28. The summed E-state index contributed by atoms with van der Waals surface area (Å²) in [7, 11) is -3.38. The number of anilines is 2. The fourth-order valence-electron chi connectivity index (χ4n) is 2.49. The van der Waals surface area contributed by atoms with E-state index in [-0.39, 0.29) is 5.75 Å². The van der Waals surface area contributed by atoms with Crippen molar-refractivity contribution in [1.82, 2.24) is 4.98 Å². The normalized spacial score (nSPS) is 11.1. The predicted octanol–water partition coefficient (Wildman–Crippen LogP) is 3.68. The van der Waals surface area contributed by atoms with E-state index in [2.05, 4.69) is 15.0 Å². The van der Waals surface area contributed by atoms with Crippen LogP contribution in [0.25, 0.3) is 0 Å². The lowest BCUT2D eigenvalue weighted by molar-refractivity contribution is 0.600. The third kappa shape index (κ3) is 5.60. The Morgan fingerprint density at radius 1 is 0.808 bits per heavy atom. The van der Waals surface area contributed by atoms with Gasteiger partial charge in [-0.3, -0.25) is 9.71 Å². The fourth-order valence-corrected chi connectivity index (χ4v) is 3.59. The van der Waals surface area contributed by atoms with Gasteiger partial charge in [-0.05, 0) is 47.9 Å². The van der Waals surface area contributed by atoms with Crippen LogP contribution in [-0.4, -0.2) is 19.2 Å². The zero-order valence-electron chi connectivity index (χ0n) is 14.3. The first-order valence-electron chi connectivity index (χ1n) is 8.38. The molecular weight excluding hydrogens is 346 g/mol. The maximum absolute atomic E-state index is 12.2. The monoisotopic (exact) mass is 367 g/mol. The molecule has 2 N–H and O–H groups in total. The number of hydrogen-bond donors (Lipinski definition) is 2. The molecule has 0 radical (unpaired) electrons. The highest BCUT2D eigenvalue weighted by Crippen LogP contribution is 2.16. The van der Waals surface area contributed by atoms with E-state index in [4.69, 9.17) is 0 Å². The van der Waals surface area contributed by atoms with E-state index in [1.807, 2.05) is 60.8 Å². The Bertz CT molecular complexity index is 912. The van der Waals surface area contributed by atoms with Crippen LogP contribution in [0.2, 0.25) is 0 Å². The molecule has 2 aromatic carbocycles. The number of sulfonamides is 1. The number of nitrogens with one attached hydrogen (secondary N) is 2. The Morgan fingerprint density at radius 2 is 1.50 bits per heavy atom. The van der Waals surface area contributed by atoms with Crippen molar-refractivity contribution in [2.24, 2.45) is 0 Å². The predicted molar refractivity (Wildman–Crippen MR) is 106 cm³/mol. The number of nitrogens with zero attached hydrogens (tertiary/aromatic N) is 1. The molecule has 6 heteroatoms. The third-order valence-electron chi connectivity index (χ3n) is 3.88. The highest BCUT2D eigenvalue weighted by atomic mass is 32.2. The molecule has 0 spiro atoms. The molecule has 0 aliphatic carbocycles. The van der Waals surface area contributed by atoms with Gasteiger partial charge in [0.2, 0.25) is 10.0 Å². The minimum Gasteiger partial charge on any atom is -0.381 e. The van der Waals surface area contributed by atoms with Crippen molar-refractivity contribution in [2.75, 3.05) is 15.8 Å². The van der Waals surface area contributed by atoms with Crippen LogP contribution in [0.5, 0.6) is 0 Å². The van der Waals surface area contributed by atoms with Gasteiger partial charge in [-0.1, -0.05) is 36.4 Å². The van der Waals surface area contributed by atoms with Crippen LogP contribution in [-0.2, 0) is 23.0 Å². The van der Waals surface area contributed by atoms with Crippen LogP contribution in [0, 0.1) is 0 Å². The molecule has 1 heterocycles. The Hall–Kier alpha value is -2.86. The largest absolute Gasteiger partial charge is 0.381 e. The molecule has 26 heavy (non-hydrogen) atoms. The zero-order valence-corrected chi connectivity index (χ0v) is 15.1. The number of aromatic nitrogens is 1. The summed E-state index contributed by atoms with van der Waals surface area (Å²) in [6, 6.07) is 20.7. The summed E-state index contributed by atoms with van der Waals surface area (Å²) in [5.74, 6) is 0.0536. The minimum atomic E-state index is -3.38. The Morgan fingerprint density at radius 3 is 2.19 bits per heavy atom. The first-order valence-corrected chi connectivity index (χ1v) is 10.0. The van der Waals surface area contributed by atoms with Crippen molar-refractivity contribution < 1.29 is 8.42 Å². The first kappa shape index (κ1) is 17.9. The van der Waals surface area contributed by atoms with Crippen molar-refractivity contribution in [3.05, 3.63) is 90.3 Å². The fraction of sp³-hybridized carbons (Fsp3) is 0.150. The number of pyridine rings is 1. The molecule has 0 aliphatic heterocycles. The third-order valence-corrected chi connectivity index (χ3v) is 5.17. The maximum Gasteiger partial charge on any atom is 0.233 e. The first-order chi connectivity index (χ1) is 12.6. The van der Waals surface area contributed by atoms with Crippen LogP contribution in [0.3, 0.4) is 0 Å². The molecule has 5 nitrogen and oxygen atoms in total. The highest BCUT2D eigenvalue weighted by molar-refractivity contribution is 7.92. The van der Waals surface area contributed by atoms with Crippen molar-refractivity contribution in [1.29, 1.82) is 0 Å². The molecule has 0 unspecified atom stereocenters. The molecule has 0 amide bonds. The van der Waals surface area contributed by atoms with E-state index in [0.29, 0.717) is 18.7 Å². The van der Waals surface area contributed by atoms with Crippen molar-refractivity contribution in [2.45, 2.75) is 13.0 Å². The van der Waals surface area contributed by atoms with E-state index in [9.17, 15) is 8.42 Å². The van der Waals surface area contributed by atoms with E-state index in [1.165, 1.54) is 0 Å². The summed E-state index contributed by atoms with van der Waals surface area (Å²) in [6.07, 6.45) is 4.03. The molecule has 0 saturated carbocycles. The second kappa shape index (κ2) is 8.49. The Balaban J connectivity index is 1.53. The lowest BCUT2D eigenvalue weighted by atomic mass is 10.2. The van der Waals surface area contributed by atoms with Crippen LogP contribution in [0.1, 0.15) is 11.1 Å². The average molecular weight is 367 g/mol. The van der Waals surface area contributed by atoms with Crippen molar-refractivity contribution in [3.8, 4) is 0 Å². The van der Waals surface area contributed by atoms with E-state index < -0.39 is 10.0 Å². The summed E-state index contributed by atoms with van der Waals surface area (Å²) in [6.45, 7) is 0.663. The quantitative estimate of drug-likeness (QED) is 0.637. The SMILES string of the molecule is O=S(=O)(CCc1ccccc1)Nc1ccc(NCc2cccnc2)cc1. The number of aryl methyl sites for hydroxylation is 1. The van der Waals surface area contributed by atoms with Gasteiger partial charge in [-0.2, -0.15) is 0 Å². The number of rotatable bonds is 8.